The summed E-state index contributed by atoms with van der Waals surface area (Å²) in [4.78, 5) is 12.0. The van der Waals surface area contributed by atoms with Gasteiger partial charge in [-0.15, -0.1) is 0 Å². The lowest BCUT2D eigenvalue weighted by Crippen LogP contribution is -2.27. The van der Waals surface area contributed by atoms with Gasteiger partial charge in [0, 0.05) is 6.42 Å². The highest BCUT2D eigenvalue weighted by Gasteiger charge is 2.25. The molecule has 1 atom stereocenters. The lowest BCUT2D eigenvalue weighted by molar-refractivity contribution is 0.0839. The highest BCUT2D eigenvalue weighted by atomic mass is 16.5. The smallest absolute Gasteiger partial charge is 0.170 e. The number of ether oxygens (including phenoxy) is 1. The van der Waals surface area contributed by atoms with Crippen molar-refractivity contribution in [1.29, 1.82) is 0 Å². The molecule has 0 aliphatic carbocycles. The number of benzene rings is 2. The zero-order valence-electron chi connectivity index (χ0n) is 10.7. The van der Waals surface area contributed by atoms with E-state index in [0.29, 0.717) is 6.42 Å². The van der Waals surface area contributed by atoms with E-state index < -0.39 is 0 Å². The van der Waals surface area contributed by atoms with Crippen LogP contribution in [0.4, 0.5) is 0 Å². The van der Waals surface area contributed by atoms with Gasteiger partial charge in [-0.25, -0.2) is 0 Å². The van der Waals surface area contributed by atoms with Crippen molar-refractivity contribution in [2.75, 3.05) is 0 Å². The lowest BCUT2D eigenvalue weighted by Gasteiger charge is -2.25. The Hall–Kier alpha value is -2.09. The van der Waals surface area contributed by atoms with Crippen molar-refractivity contribution in [2.45, 2.75) is 25.4 Å². The quantitative estimate of drug-likeness (QED) is 0.833. The van der Waals surface area contributed by atoms with Crippen molar-refractivity contribution >= 4 is 5.78 Å². The van der Waals surface area contributed by atoms with Crippen LogP contribution in [0.15, 0.2) is 54.6 Å². The molecule has 2 nitrogen and oxygen atoms in total. The molecule has 19 heavy (non-hydrogen) atoms. The van der Waals surface area contributed by atoms with Crippen LogP contribution in [0.2, 0.25) is 0 Å². The van der Waals surface area contributed by atoms with Crippen LogP contribution >= 0.6 is 0 Å². The monoisotopic (exact) mass is 252 g/mol. The second kappa shape index (κ2) is 5.27. The van der Waals surface area contributed by atoms with Gasteiger partial charge < -0.3 is 4.74 Å². The zero-order chi connectivity index (χ0) is 13.1. The Morgan fingerprint density at radius 3 is 2.58 bits per heavy atom. The molecule has 0 saturated carbocycles. The first-order valence-corrected chi connectivity index (χ1v) is 6.66. The number of carbonyl (C=O) groups excluding carboxylic acids is 1. The first-order valence-electron chi connectivity index (χ1n) is 6.66. The van der Waals surface area contributed by atoms with E-state index in [1.165, 1.54) is 5.56 Å². The molecule has 96 valence electrons. The van der Waals surface area contributed by atoms with Gasteiger partial charge in [0.05, 0.1) is 5.56 Å². The van der Waals surface area contributed by atoms with Crippen molar-refractivity contribution < 1.29 is 9.53 Å². The molecule has 1 aliphatic rings. The van der Waals surface area contributed by atoms with E-state index in [9.17, 15) is 4.79 Å². The van der Waals surface area contributed by atoms with Crippen molar-refractivity contribution in [1.82, 2.24) is 0 Å². The standard InChI is InChI=1S/C17H16O2/c18-16-12-14(11-10-13-6-2-1-3-7-13)19-17-9-5-4-8-15(16)17/h1-9,14H,10-12H2/t14-/m1/s1. The summed E-state index contributed by atoms with van der Waals surface area (Å²) in [6, 6.07) is 17.8. The molecule has 1 heterocycles. The molecule has 0 fully saturated rings. The number of carbonyl (C=O) groups is 1. The SMILES string of the molecule is O=C1C[C@@H](CCc2ccccc2)Oc2ccccc21. The number of Topliss-reactive ketones (excluding diaryl/α,β-unsaturated/α-hetero) is 1. The zero-order valence-corrected chi connectivity index (χ0v) is 10.7. The topological polar surface area (TPSA) is 26.3 Å². The molecule has 0 saturated heterocycles. The first kappa shape index (κ1) is 12.0. The minimum absolute atomic E-state index is 0.00241. The molecule has 0 amide bonds. The van der Waals surface area contributed by atoms with Gasteiger partial charge in [0.1, 0.15) is 11.9 Å². The van der Waals surface area contributed by atoms with Gasteiger partial charge in [-0.05, 0) is 30.5 Å². The Kier molecular flexibility index (Phi) is 3.32. The molecule has 0 bridgehead atoms. The Morgan fingerprint density at radius 2 is 1.74 bits per heavy atom. The average Bonchev–Trinajstić information content (AvgIpc) is 2.46. The third-order valence-electron chi connectivity index (χ3n) is 3.49. The Bertz CT molecular complexity index is 575. The Balaban J connectivity index is 1.67. The predicted molar refractivity (Wildman–Crippen MR) is 74.6 cm³/mol. The van der Waals surface area contributed by atoms with Crippen LogP contribution in [0.25, 0.3) is 0 Å². The summed E-state index contributed by atoms with van der Waals surface area (Å²) in [5.41, 5.74) is 2.01. The lowest BCUT2D eigenvalue weighted by atomic mass is 9.97. The van der Waals surface area contributed by atoms with E-state index in [-0.39, 0.29) is 11.9 Å². The summed E-state index contributed by atoms with van der Waals surface area (Å²) in [5, 5.41) is 0. The molecule has 2 aromatic rings. The van der Waals surface area contributed by atoms with Crippen LogP contribution < -0.4 is 4.74 Å². The third-order valence-corrected chi connectivity index (χ3v) is 3.49. The number of para-hydroxylation sites is 1. The molecule has 0 aromatic heterocycles. The van der Waals surface area contributed by atoms with Gasteiger partial charge in [-0.1, -0.05) is 42.5 Å². The fourth-order valence-electron chi connectivity index (χ4n) is 2.47. The van der Waals surface area contributed by atoms with Crippen LogP contribution in [0.3, 0.4) is 0 Å². The minimum Gasteiger partial charge on any atom is -0.489 e. The van der Waals surface area contributed by atoms with Crippen LogP contribution in [-0.4, -0.2) is 11.9 Å². The summed E-state index contributed by atoms with van der Waals surface area (Å²) < 4.78 is 5.90. The molecule has 0 N–H and O–H groups in total. The van der Waals surface area contributed by atoms with Gasteiger partial charge in [-0.3, -0.25) is 4.79 Å². The molecule has 0 unspecified atom stereocenters. The predicted octanol–water partition coefficient (Wildman–Crippen LogP) is 3.65. The Labute approximate surface area is 113 Å². The molecule has 0 spiro atoms. The van der Waals surface area contributed by atoms with Crippen molar-refractivity contribution in [2.24, 2.45) is 0 Å². The minimum atomic E-state index is 0.00241. The van der Waals surface area contributed by atoms with E-state index in [1.54, 1.807) is 0 Å². The summed E-state index contributed by atoms with van der Waals surface area (Å²) >= 11 is 0. The van der Waals surface area contributed by atoms with Crippen LogP contribution in [0.5, 0.6) is 5.75 Å². The third kappa shape index (κ3) is 2.68. The van der Waals surface area contributed by atoms with Crippen LogP contribution in [0, 0.1) is 0 Å². The van der Waals surface area contributed by atoms with Crippen molar-refractivity contribution in [3.8, 4) is 5.75 Å². The number of hydrogen-bond acceptors (Lipinski definition) is 2. The number of hydrogen-bond donors (Lipinski definition) is 0. The molecule has 1 aliphatic heterocycles. The summed E-state index contributed by atoms with van der Waals surface area (Å²) in [6.07, 6.45) is 2.32. The van der Waals surface area contributed by atoms with Gasteiger partial charge in [-0.2, -0.15) is 0 Å². The number of rotatable bonds is 3. The summed E-state index contributed by atoms with van der Waals surface area (Å²) in [5.74, 6) is 0.928. The summed E-state index contributed by atoms with van der Waals surface area (Å²) in [7, 11) is 0. The molecule has 2 heteroatoms. The highest BCUT2D eigenvalue weighted by molar-refractivity contribution is 5.99. The van der Waals surface area contributed by atoms with E-state index in [0.717, 1.165) is 24.2 Å². The molecule has 0 radical (unpaired) electrons. The Morgan fingerprint density at radius 1 is 1.00 bits per heavy atom. The normalized spacial score (nSPS) is 17.7. The molecular formula is C17H16O2. The number of fused-ring (bicyclic) bond motifs is 1. The first-order chi connectivity index (χ1) is 9.33. The highest BCUT2D eigenvalue weighted by Crippen LogP contribution is 2.28. The maximum Gasteiger partial charge on any atom is 0.170 e. The fraction of sp³-hybridized carbons (Fsp3) is 0.235. The average molecular weight is 252 g/mol. The second-order valence-electron chi connectivity index (χ2n) is 4.89. The maximum atomic E-state index is 12.0. The molecular weight excluding hydrogens is 236 g/mol. The van der Waals surface area contributed by atoms with Crippen molar-refractivity contribution in [3.05, 3.63) is 65.7 Å². The summed E-state index contributed by atoms with van der Waals surface area (Å²) in [6.45, 7) is 0. The maximum absolute atomic E-state index is 12.0. The van der Waals surface area contributed by atoms with E-state index in [4.69, 9.17) is 4.74 Å². The van der Waals surface area contributed by atoms with Gasteiger partial charge in [0.15, 0.2) is 5.78 Å². The van der Waals surface area contributed by atoms with Gasteiger partial charge in [0.2, 0.25) is 0 Å². The van der Waals surface area contributed by atoms with Gasteiger partial charge in [0.25, 0.3) is 0 Å². The number of aryl methyl sites for hydroxylation is 1. The largest absolute Gasteiger partial charge is 0.489 e. The molecule has 3 rings (SSSR count). The van der Waals surface area contributed by atoms with E-state index >= 15 is 0 Å². The van der Waals surface area contributed by atoms with Crippen molar-refractivity contribution in [3.63, 3.8) is 0 Å². The van der Waals surface area contributed by atoms with E-state index in [1.807, 2.05) is 42.5 Å². The van der Waals surface area contributed by atoms with E-state index in [2.05, 4.69) is 12.1 Å². The van der Waals surface area contributed by atoms with Gasteiger partial charge >= 0.3 is 0 Å². The fourth-order valence-corrected chi connectivity index (χ4v) is 2.47. The number of ketones is 1. The van der Waals surface area contributed by atoms with Crippen LogP contribution in [0.1, 0.15) is 28.8 Å². The second-order valence-corrected chi connectivity index (χ2v) is 4.89. The molecule has 2 aromatic carbocycles. The van der Waals surface area contributed by atoms with Crippen LogP contribution in [-0.2, 0) is 6.42 Å².